The van der Waals surface area contributed by atoms with Gasteiger partial charge in [-0.25, -0.2) is 0 Å². The van der Waals surface area contributed by atoms with Crippen molar-refractivity contribution in [2.24, 2.45) is 11.8 Å². The van der Waals surface area contributed by atoms with E-state index < -0.39 is 0 Å². The summed E-state index contributed by atoms with van der Waals surface area (Å²) >= 11 is 13.6. The van der Waals surface area contributed by atoms with E-state index in [1.54, 1.807) is 0 Å². The van der Waals surface area contributed by atoms with Gasteiger partial charge in [-0.15, -0.1) is 0 Å². The van der Waals surface area contributed by atoms with Gasteiger partial charge in [-0.3, -0.25) is 0 Å². The third-order valence-corrected chi connectivity index (χ3v) is 7.61. The van der Waals surface area contributed by atoms with Crippen LogP contribution >= 0.6 is 23.2 Å². The molecule has 0 aromatic heterocycles. The molecular weight excluding hydrogens is 463 g/mol. The lowest BCUT2D eigenvalue weighted by atomic mass is 9.98. The lowest BCUT2D eigenvalue weighted by molar-refractivity contribution is 0.234. The molecule has 0 amide bonds. The summed E-state index contributed by atoms with van der Waals surface area (Å²) < 4.78 is 13.1. The van der Waals surface area contributed by atoms with Crippen LogP contribution in [0, 0.1) is 11.8 Å². The maximum Gasteiger partial charge on any atom is 0.136 e. The zero-order chi connectivity index (χ0) is 24.5. The van der Waals surface area contributed by atoms with Crippen LogP contribution in [-0.4, -0.2) is 13.2 Å². The Morgan fingerprint density at radius 1 is 0.647 bits per heavy atom. The van der Waals surface area contributed by atoms with Gasteiger partial charge in [0.05, 0.1) is 23.3 Å². The van der Waals surface area contributed by atoms with E-state index in [1.807, 2.05) is 24.3 Å². The molecule has 0 aliphatic heterocycles. The fraction of sp³-hybridized carbons (Fsp3) is 0.533. The number of hydrogen-bond donors (Lipinski definition) is 0. The number of hydrogen-bond acceptors (Lipinski definition) is 2. The summed E-state index contributed by atoms with van der Waals surface area (Å²) in [7, 11) is 0. The Hall–Kier alpha value is -1.64. The van der Waals surface area contributed by atoms with Crippen molar-refractivity contribution in [1.29, 1.82) is 0 Å². The van der Waals surface area contributed by atoms with Crippen LogP contribution in [0.2, 0.25) is 10.0 Å². The minimum atomic E-state index is 0.520. The second-order valence-corrected chi connectivity index (χ2v) is 10.3. The fourth-order valence-corrected chi connectivity index (χ4v) is 5.18. The first-order valence-corrected chi connectivity index (χ1v) is 13.9. The third kappa shape index (κ3) is 6.32. The summed E-state index contributed by atoms with van der Waals surface area (Å²) in [5, 5.41) is 5.13. The van der Waals surface area contributed by atoms with Gasteiger partial charge in [0.25, 0.3) is 0 Å². The van der Waals surface area contributed by atoms with E-state index in [0.29, 0.717) is 35.1 Å². The molecule has 0 radical (unpaired) electrons. The van der Waals surface area contributed by atoms with Gasteiger partial charge in [-0.05, 0) is 36.8 Å². The fourth-order valence-electron chi connectivity index (χ4n) is 4.66. The Kier molecular flexibility index (Phi) is 10.7. The maximum absolute atomic E-state index is 6.80. The number of unbranched alkanes of at least 4 members (excludes halogenated alkanes) is 2. The Morgan fingerprint density at radius 2 is 1.06 bits per heavy atom. The molecule has 0 saturated heterocycles. The van der Waals surface area contributed by atoms with E-state index in [9.17, 15) is 0 Å². The van der Waals surface area contributed by atoms with Gasteiger partial charge in [0, 0.05) is 21.5 Å². The quantitative estimate of drug-likeness (QED) is 0.204. The van der Waals surface area contributed by atoms with Crippen LogP contribution < -0.4 is 9.47 Å². The molecule has 0 heterocycles. The molecule has 3 aromatic rings. The molecule has 3 rings (SSSR count). The summed E-state index contributed by atoms with van der Waals surface area (Å²) in [6.07, 6.45) is 9.39. The molecule has 0 aliphatic rings. The highest BCUT2D eigenvalue weighted by molar-refractivity contribution is 6.40. The van der Waals surface area contributed by atoms with Gasteiger partial charge < -0.3 is 9.47 Å². The summed E-state index contributed by atoms with van der Waals surface area (Å²) in [5.41, 5.74) is 0. The predicted molar refractivity (Wildman–Crippen MR) is 149 cm³/mol. The van der Waals surface area contributed by atoms with E-state index in [2.05, 4.69) is 39.8 Å². The average molecular weight is 504 g/mol. The topological polar surface area (TPSA) is 18.5 Å². The third-order valence-electron chi connectivity index (χ3n) is 6.98. The Labute approximate surface area is 215 Å². The molecule has 0 aliphatic carbocycles. The molecule has 0 fully saturated rings. The van der Waals surface area contributed by atoms with Crippen molar-refractivity contribution in [3.8, 4) is 11.5 Å². The van der Waals surface area contributed by atoms with E-state index in [4.69, 9.17) is 32.7 Å². The van der Waals surface area contributed by atoms with Crippen molar-refractivity contribution in [3.63, 3.8) is 0 Å². The summed E-state index contributed by atoms with van der Waals surface area (Å²) in [4.78, 5) is 0. The molecule has 0 bridgehead atoms. The van der Waals surface area contributed by atoms with Crippen molar-refractivity contribution in [1.82, 2.24) is 0 Å². The lowest BCUT2D eigenvalue weighted by Gasteiger charge is -2.23. The number of rotatable bonds is 14. The zero-order valence-corrected chi connectivity index (χ0v) is 22.8. The van der Waals surface area contributed by atoms with Gasteiger partial charge in [-0.1, -0.05) is 114 Å². The molecule has 186 valence electrons. The number of halogens is 2. The largest absolute Gasteiger partial charge is 0.492 e. The van der Waals surface area contributed by atoms with Crippen LogP contribution in [0.3, 0.4) is 0 Å². The standard InChI is InChI=1S/C30H40Cl2O2/c1-5-9-13-21(7-3)19-33-29-23-15-11-18-26(32)28(23)30(24-16-12-17-25(31)27(24)29)34-20-22(8-4)14-10-6-2/h11-12,15-18,21-22H,5-10,13-14,19-20H2,1-4H3. The molecule has 2 nitrogen and oxygen atoms in total. The van der Waals surface area contributed by atoms with Gasteiger partial charge in [0.2, 0.25) is 0 Å². The van der Waals surface area contributed by atoms with Crippen LogP contribution in [0.4, 0.5) is 0 Å². The monoisotopic (exact) mass is 502 g/mol. The summed E-state index contributed by atoms with van der Waals surface area (Å²) in [6, 6.07) is 12.0. The molecular formula is C30H40Cl2O2. The van der Waals surface area contributed by atoms with Crippen LogP contribution in [0.5, 0.6) is 11.5 Å². The SMILES string of the molecule is CCCCC(CC)COc1c2cccc(Cl)c2c(OCC(CC)CCCC)c2cccc(Cl)c12. The zero-order valence-electron chi connectivity index (χ0n) is 21.3. The average Bonchev–Trinajstić information content (AvgIpc) is 2.85. The number of benzene rings is 3. The van der Waals surface area contributed by atoms with E-state index in [1.165, 1.54) is 38.5 Å². The first kappa shape index (κ1) is 27.0. The van der Waals surface area contributed by atoms with Crippen LogP contribution in [-0.2, 0) is 0 Å². The second-order valence-electron chi connectivity index (χ2n) is 9.44. The Bertz CT molecular complexity index is 977. The highest BCUT2D eigenvalue weighted by atomic mass is 35.5. The first-order valence-electron chi connectivity index (χ1n) is 13.1. The van der Waals surface area contributed by atoms with Crippen molar-refractivity contribution in [2.45, 2.75) is 79.1 Å². The molecule has 0 N–H and O–H groups in total. The van der Waals surface area contributed by atoms with Gasteiger partial charge in [-0.2, -0.15) is 0 Å². The number of ether oxygens (including phenoxy) is 2. The van der Waals surface area contributed by atoms with Gasteiger partial charge >= 0.3 is 0 Å². The lowest BCUT2D eigenvalue weighted by Crippen LogP contribution is -2.13. The first-order chi connectivity index (χ1) is 16.5. The smallest absolute Gasteiger partial charge is 0.136 e. The van der Waals surface area contributed by atoms with Crippen LogP contribution in [0.25, 0.3) is 21.5 Å². The van der Waals surface area contributed by atoms with Gasteiger partial charge in [0.1, 0.15) is 11.5 Å². The molecule has 34 heavy (non-hydrogen) atoms. The van der Waals surface area contributed by atoms with E-state index in [-0.39, 0.29) is 0 Å². The molecule has 2 atom stereocenters. The van der Waals surface area contributed by atoms with Gasteiger partial charge in [0.15, 0.2) is 0 Å². The maximum atomic E-state index is 6.80. The highest BCUT2D eigenvalue weighted by Crippen LogP contribution is 2.48. The Balaban J connectivity index is 2.09. The van der Waals surface area contributed by atoms with Crippen LogP contribution in [0.15, 0.2) is 36.4 Å². The van der Waals surface area contributed by atoms with Crippen molar-refractivity contribution in [2.75, 3.05) is 13.2 Å². The molecule has 0 saturated carbocycles. The summed E-state index contributed by atoms with van der Waals surface area (Å²) in [5.74, 6) is 2.68. The van der Waals surface area contributed by atoms with E-state index in [0.717, 1.165) is 45.9 Å². The normalized spacial score (nSPS) is 13.4. The van der Waals surface area contributed by atoms with Crippen molar-refractivity contribution in [3.05, 3.63) is 46.4 Å². The molecule has 4 heteroatoms. The second kappa shape index (κ2) is 13.4. The van der Waals surface area contributed by atoms with Crippen molar-refractivity contribution >= 4 is 44.7 Å². The molecule has 3 aromatic carbocycles. The van der Waals surface area contributed by atoms with Crippen molar-refractivity contribution < 1.29 is 9.47 Å². The molecule has 0 spiro atoms. The number of fused-ring (bicyclic) bond motifs is 2. The summed E-state index contributed by atoms with van der Waals surface area (Å²) in [6.45, 7) is 10.3. The van der Waals surface area contributed by atoms with Crippen LogP contribution in [0.1, 0.15) is 79.1 Å². The van der Waals surface area contributed by atoms with E-state index >= 15 is 0 Å². The predicted octanol–water partition coefficient (Wildman–Crippen LogP) is 10.5. The highest BCUT2D eigenvalue weighted by Gasteiger charge is 2.22. The molecule has 2 unspecified atom stereocenters. The Morgan fingerprint density at radius 3 is 1.41 bits per heavy atom. The minimum Gasteiger partial charge on any atom is -0.492 e. The minimum absolute atomic E-state index is 0.520.